The maximum absolute atomic E-state index is 11.7. The molecule has 3 nitrogen and oxygen atoms in total. The van der Waals surface area contributed by atoms with Gasteiger partial charge in [0.1, 0.15) is 5.78 Å². The van der Waals surface area contributed by atoms with Crippen molar-refractivity contribution in [3.05, 3.63) is 0 Å². The lowest BCUT2D eigenvalue weighted by atomic mass is 9.85. The number of Topliss-reactive ketones (excluding diaryl/α,β-unsaturated/α-hetero) is 1. The monoisotopic (exact) mass is 210 g/mol. The molecule has 3 heteroatoms. The average molecular weight is 210 g/mol. The molecule has 0 heterocycles. The van der Waals surface area contributed by atoms with E-state index < -0.39 is 5.97 Å². The third-order valence-corrected chi connectivity index (χ3v) is 3.74. The summed E-state index contributed by atoms with van der Waals surface area (Å²) < 4.78 is 0. The molecule has 2 aliphatic rings. The highest BCUT2D eigenvalue weighted by molar-refractivity contribution is 5.90. The molecule has 2 rings (SSSR count). The minimum absolute atomic E-state index is 0.149. The van der Waals surface area contributed by atoms with Crippen LogP contribution in [0.3, 0.4) is 0 Å². The van der Waals surface area contributed by atoms with E-state index in [0.717, 1.165) is 12.8 Å². The smallest absolute Gasteiger partial charge is 0.307 e. The van der Waals surface area contributed by atoms with Gasteiger partial charge in [-0.05, 0) is 12.3 Å². The van der Waals surface area contributed by atoms with Crippen LogP contribution in [-0.2, 0) is 9.59 Å². The van der Waals surface area contributed by atoms with Gasteiger partial charge in [-0.3, -0.25) is 9.59 Å². The van der Waals surface area contributed by atoms with Crippen molar-refractivity contribution in [2.24, 2.45) is 17.8 Å². The van der Waals surface area contributed by atoms with Crippen molar-refractivity contribution in [2.45, 2.75) is 44.9 Å². The molecule has 2 fully saturated rings. The maximum atomic E-state index is 11.7. The Balaban J connectivity index is 1.75. The summed E-state index contributed by atoms with van der Waals surface area (Å²) in [7, 11) is 0. The summed E-state index contributed by atoms with van der Waals surface area (Å²) in [6.07, 6.45) is 7.32. The van der Waals surface area contributed by atoms with Gasteiger partial charge in [0, 0.05) is 12.3 Å². The van der Waals surface area contributed by atoms with Crippen molar-refractivity contribution in [3.63, 3.8) is 0 Å². The van der Waals surface area contributed by atoms with Gasteiger partial charge in [0.2, 0.25) is 0 Å². The number of hydrogen-bond donors (Lipinski definition) is 1. The summed E-state index contributed by atoms with van der Waals surface area (Å²) in [4.78, 5) is 22.3. The van der Waals surface area contributed by atoms with Crippen molar-refractivity contribution in [2.75, 3.05) is 0 Å². The van der Waals surface area contributed by atoms with Gasteiger partial charge < -0.3 is 5.11 Å². The molecule has 0 aliphatic heterocycles. The molecule has 0 aromatic heterocycles. The van der Waals surface area contributed by atoms with Gasteiger partial charge in [-0.1, -0.05) is 32.1 Å². The predicted molar refractivity (Wildman–Crippen MR) is 55.4 cm³/mol. The van der Waals surface area contributed by atoms with E-state index in [1.807, 2.05) is 0 Å². The number of rotatable bonds is 4. The zero-order valence-corrected chi connectivity index (χ0v) is 8.95. The molecule has 15 heavy (non-hydrogen) atoms. The van der Waals surface area contributed by atoms with Gasteiger partial charge in [0.05, 0.1) is 5.92 Å². The normalized spacial score (nSPS) is 31.2. The highest BCUT2D eigenvalue weighted by atomic mass is 16.4. The van der Waals surface area contributed by atoms with E-state index in [2.05, 4.69) is 0 Å². The minimum atomic E-state index is -0.794. The number of carbonyl (C=O) groups is 2. The van der Waals surface area contributed by atoms with Crippen molar-refractivity contribution >= 4 is 11.8 Å². The topological polar surface area (TPSA) is 54.4 Å². The van der Waals surface area contributed by atoms with Crippen molar-refractivity contribution in [1.29, 1.82) is 0 Å². The van der Waals surface area contributed by atoms with Gasteiger partial charge in [0.15, 0.2) is 0 Å². The molecule has 2 aliphatic carbocycles. The first kappa shape index (κ1) is 10.7. The van der Waals surface area contributed by atoms with E-state index in [1.54, 1.807) is 0 Å². The lowest BCUT2D eigenvalue weighted by Crippen LogP contribution is -2.15. The van der Waals surface area contributed by atoms with Crippen LogP contribution in [0.1, 0.15) is 44.9 Å². The van der Waals surface area contributed by atoms with Crippen LogP contribution in [0.5, 0.6) is 0 Å². The third-order valence-electron chi connectivity index (χ3n) is 3.74. The molecule has 0 bridgehead atoms. The van der Waals surface area contributed by atoms with Gasteiger partial charge in [-0.15, -0.1) is 0 Å². The fraction of sp³-hybridized carbons (Fsp3) is 0.833. The highest BCUT2D eigenvalue weighted by Crippen LogP contribution is 2.41. The lowest BCUT2D eigenvalue weighted by Gasteiger charge is -2.20. The van der Waals surface area contributed by atoms with E-state index in [0.29, 0.717) is 18.8 Å². The van der Waals surface area contributed by atoms with Gasteiger partial charge in [-0.25, -0.2) is 0 Å². The number of carbonyl (C=O) groups excluding carboxylic acids is 1. The van der Waals surface area contributed by atoms with Gasteiger partial charge in [-0.2, -0.15) is 0 Å². The first-order valence-corrected chi connectivity index (χ1v) is 5.94. The molecular weight excluding hydrogens is 192 g/mol. The molecule has 2 saturated carbocycles. The van der Waals surface area contributed by atoms with E-state index in [9.17, 15) is 9.59 Å². The molecule has 0 aromatic carbocycles. The van der Waals surface area contributed by atoms with Crippen molar-refractivity contribution in [3.8, 4) is 0 Å². The summed E-state index contributed by atoms with van der Waals surface area (Å²) in [6, 6.07) is 0. The second-order valence-electron chi connectivity index (χ2n) is 4.96. The van der Waals surface area contributed by atoms with Crippen LogP contribution in [-0.4, -0.2) is 16.9 Å². The Kier molecular flexibility index (Phi) is 3.08. The first-order valence-electron chi connectivity index (χ1n) is 5.94. The molecule has 84 valence electrons. The zero-order valence-electron chi connectivity index (χ0n) is 8.95. The summed E-state index contributed by atoms with van der Waals surface area (Å²) in [6.45, 7) is 0. The molecule has 0 saturated heterocycles. The maximum Gasteiger partial charge on any atom is 0.307 e. The molecule has 1 N–H and O–H groups in total. The summed E-state index contributed by atoms with van der Waals surface area (Å²) in [5.41, 5.74) is 0. The number of carboxylic acids is 1. The number of carboxylic acid groups (broad SMARTS) is 1. The molecule has 0 amide bonds. The standard InChI is InChI=1S/C12H18O3/c13-11(9-7-10(9)12(14)15)6-8-4-2-1-3-5-8/h8-10H,1-7H2,(H,14,15). The molecule has 0 aromatic rings. The first-order chi connectivity index (χ1) is 7.18. The molecule has 2 atom stereocenters. The average Bonchev–Trinajstić information content (AvgIpc) is 2.98. The Hall–Kier alpha value is -0.860. The van der Waals surface area contributed by atoms with E-state index >= 15 is 0 Å². The van der Waals surface area contributed by atoms with Gasteiger partial charge in [0.25, 0.3) is 0 Å². The largest absolute Gasteiger partial charge is 0.481 e. The Morgan fingerprint density at radius 3 is 2.27 bits per heavy atom. The second-order valence-corrected chi connectivity index (χ2v) is 4.96. The molecule has 0 radical (unpaired) electrons. The van der Waals surface area contributed by atoms with Crippen LogP contribution >= 0.6 is 0 Å². The molecule has 0 spiro atoms. The lowest BCUT2D eigenvalue weighted by molar-refractivity contribution is -0.140. The summed E-state index contributed by atoms with van der Waals surface area (Å²) >= 11 is 0. The SMILES string of the molecule is O=C(O)C1CC1C(=O)CC1CCCCC1. The second kappa shape index (κ2) is 4.33. The van der Waals surface area contributed by atoms with Crippen LogP contribution in [0.25, 0.3) is 0 Å². The molecular formula is C12H18O3. The van der Waals surface area contributed by atoms with Crippen LogP contribution in [0.15, 0.2) is 0 Å². The Bertz CT molecular complexity index is 266. The number of hydrogen-bond acceptors (Lipinski definition) is 2. The van der Waals surface area contributed by atoms with Crippen molar-refractivity contribution in [1.82, 2.24) is 0 Å². The Morgan fingerprint density at radius 2 is 1.73 bits per heavy atom. The number of ketones is 1. The van der Waals surface area contributed by atoms with Gasteiger partial charge >= 0.3 is 5.97 Å². The Labute approximate surface area is 89.9 Å². The molecule has 2 unspecified atom stereocenters. The third kappa shape index (κ3) is 2.58. The van der Waals surface area contributed by atoms with E-state index in [1.165, 1.54) is 19.3 Å². The number of aliphatic carboxylic acids is 1. The minimum Gasteiger partial charge on any atom is -0.481 e. The van der Waals surface area contributed by atoms with E-state index in [-0.39, 0.29) is 17.6 Å². The van der Waals surface area contributed by atoms with Crippen LogP contribution in [0.4, 0.5) is 0 Å². The highest BCUT2D eigenvalue weighted by Gasteiger charge is 2.47. The summed E-state index contributed by atoms with van der Waals surface area (Å²) in [5, 5.41) is 8.73. The quantitative estimate of drug-likeness (QED) is 0.774. The van der Waals surface area contributed by atoms with Crippen LogP contribution < -0.4 is 0 Å². The fourth-order valence-electron chi connectivity index (χ4n) is 2.65. The van der Waals surface area contributed by atoms with Crippen LogP contribution in [0, 0.1) is 17.8 Å². The zero-order chi connectivity index (χ0) is 10.8. The van der Waals surface area contributed by atoms with Crippen molar-refractivity contribution < 1.29 is 14.7 Å². The summed E-state index contributed by atoms with van der Waals surface area (Å²) in [5.74, 6) is -0.557. The fourth-order valence-corrected chi connectivity index (χ4v) is 2.65. The Morgan fingerprint density at radius 1 is 1.07 bits per heavy atom. The van der Waals surface area contributed by atoms with E-state index in [4.69, 9.17) is 5.11 Å². The predicted octanol–water partition coefficient (Wildman–Crippen LogP) is 2.25. The van der Waals surface area contributed by atoms with Crippen LogP contribution in [0.2, 0.25) is 0 Å².